The second-order valence-electron chi connectivity index (χ2n) is 3.81. The molecule has 0 heterocycles. The summed E-state index contributed by atoms with van der Waals surface area (Å²) in [6.07, 6.45) is 3.02. The molecule has 18 heavy (non-hydrogen) atoms. The number of aliphatic hydroxyl groups excluding tert-OH is 1. The highest BCUT2D eigenvalue weighted by atomic mass is 16.5. The zero-order chi connectivity index (χ0) is 13.2. The smallest absolute Gasteiger partial charge is 0.331 e. The van der Waals surface area contributed by atoms with Crippen LogP contribution in [0.4, 0.5) is 0 Å². The fourth-order valence-corrected chi connectivity index (χ4v) is 1.50. The molecule has 0 aliphatic heterocycles. The van der Waals surface area contributed by atoms with Gasteiger partial charge in [-0.25, -0.2) is 4.79 Å². The zero-order valence-corrected chi connectivity index (χ0v) is 10.2. The van der Waals surface area contributed by atoms with Crippen LogP contribution >= 0.6 is 0 Å². The van der Waals surface area contributed by atoms with Crippen molar-refractivity contribution in [2.75, 3.05) is 13.2 Å². The van der Waals surface area contributed by atoms with Crippen molar-refractivity contribution in [1.82, 2.24) is 0 Å². The van der Waals surface area contributed by atoms with Gasteiger partial charge >= 0.3 is 5.97 Å². The van der Waals surface area contributed by atoms with Gasteiger partial charge in [-0.05, 0) is 31.4 Å². The Morgan fingerprint density at radius 2 is 2.00 bits per heavy atom. The van der Waals surface area contributed by atoms with Crippen molar-refractivity contribution in [1.29, 1.82) is 0 Å². The Labute approximate surface area is 107 Å². The fraction of sp³-hybridized carbons (Fsp3) is 0.357. The van der Waals surface area contributed by atoms with Gasteiger partial charge in [0.1, 0.15) is 5.75 Å². The highest BCUT2D eigenvalue weighted by Crippen LogP contribution is 2.11. The lowest BCUT2D eigenvalue weighted by atomic mass is 10.1. The van der Waals surface area contributed by atoms with Gasteiger partial charge in [-0.3, -0.25) is 0 Å². The van der Waals surface area contributed by atoms with Crippen LogP contribution in [0.25, 0.3) is 0 Å². The minimum absolute atomic E-state index is 0.0305. The van der Waals surface area contributed by atoms with E-state index in [2.05, 4.69) is 0 Å². The van der Waals surface area contributed by atoms with Crippen LogP contribution in [-0.4, -0.2) is 29.4 Å². The van der Waals surface area contributed by atoms with Gasteiger partial charge in [-0.1, -0.05) is 24.3 Å². The number of rotatable bonds is 8. The Bertz CT molecular complexity index is 384. The van der Waals surface area contributed by atoms with Gasteiger partial charge in [0, 0.05) is 12.2 Å². The summed E-state index contributed by atoms with van der Waals surface area (Å²) in [5.74, 6) is -0.142. The summed E-state index contributed by atoms with van der Waals surface area (Å²) >= 11 is 0. The molecule has 0 radical (unpaired) electrons. The highest BCUT2D eigenvalue weighted by molar-refractivity contribution is 5.86. The Balaban J connectivity index is 2.29. The molecule has 0 atom stereocenters. The maximum absolute atomic E-state index is 10.9. The summed E-state index contributed by atoms with van der Waals surface area (Å²) in [6.45, 7) is 0.449. The van der Waals surface area contributed by atoms with Crippen molar-refractivity contribution in [2.45, 2.75) is 19.3 Å². The SMILES string of the molecule is O=C(O)C(=CCCO)CCCOc1ccccc1. The van der Waals surface area contributed by atoms with Gasteiger partial charge in [0.05, 0.1) is 6.61 Å². The molecule has 1 aromatic rings. The third-order valence-corrected chi connectivity index (χ3v) is 2.40. The van der Waals surface area contributed by atoms with E-state index in [0.717, 1.165) is 5.75 Å². The number of aliphatic carboxylic acids is 1. The number of para-hydroxylation sites is 1. The topological polar surface area (TPSA) is 66.8 Å². The first-order valence-electron chi connectivity index (χ1n) is 5.95. The summed E-state index contributed by atoms with van der Waals surface area (Å²) in [5, 5.41) is 17.6. The maximum atomic E-state index is 10.9. The molecule has 4 nitrogen and oxygen atoms in total. The van der Waals surface area contributed by atoms with Crippen molar-refractivity contribution >= 4 is 5.97 Å². The Kier molecular flexibility index (Phi) is 6.58. The van der Waals surface area contributed by atoms with E-state index in [0.29, 0.717) is 31.4 Å². The van der Waals surface area contributed by atoms with E-state index in [9.17, 15) is 4.79 Å². The van der Waals surface area contributed by atoms with Crippen LogP contribution in [0.15, 0.2) is 42.0 Å². The number of carboxylic acids is 1. The molecule has 0 spiro atoms. The second kappa shape index (κ2) is 8.31. The van der Waals surface area contributed by atoms with E-state index in [-0.39, 0.29) is 6.61 Å². The number of benzene rings is 1. The van der Waals surface area contributed by atoms with Gasteiger partial charge in [-0.2, -0.15) is 0 Å². The first-order chi connectivity index (χ1) is 8.74. The van der Waals surface area contributed by atoms with E-state index >= 15 is 0 Å². The monoisotopic (exact) mass is 250 g/mol. The molecule has 0 fully saturated rings. The number of hydrogen-bond donors (Lipinski definition) is 2. The molecule has 98 valence electrons. The molecular formula is C14H18O4. The fourth-order valence-electron chi connectivity index (χ4n) is 1.50. The summed E-state index contributed by atoms with van der Waals surface area (Å²) in [4.78, 5) is 10.9. The molecule has 0 saturated heterocycles. The third kappa shape index (κ3) is 5.50. The van der Waals surface area contributed by atoms with Crippen LogP contribution in [0.3, 0.4) is 0 Å². The van der Waals surface area contributed by atoms with Gasteiger partial charge < -0.3 is 14.9 Å². The minimum Gasteiger partial charge on any atom is -0.494 e. The van der Waals surface area contributed by atoms with E-state index in [4.69, 9.17) is 14.9 Å². The average molecular weight is 250 g/mol. The van der Waals surface area contributed by atoms with Gasteiger partial charge in [-0.15, -0.1) is 0 Å². The van der Waals surface area contributed by atoms with Crippen molar-refractivity contribution in [3.63, 3.8) is 0 Å². The first kappa shape index (κ1) is 14.3. The van der Waals surface area contributed by atoms with E-state index in [1.54, 1.807) is 6.08 Å². The quantitative estimate of drug-likeness (QED) is 0.548. The lowest BCUT2D eigenvalue weighted by Crippen LogP contribution is -2.04. The molecule has 2 N–H and O–H groups in total. The number of hydrogen-bond acceptors (Lipinski definition) is 3. The maximum Gasteiger partial charge on any atom is 0.331 e. The normalized spacial score (nSPS) is 11.3. The number of ether oxygens (including phenoxy) is 1. The average Bonchev–Trinajstić information content (AvgIpc) is 2.38. The molecule has 0 unspecified atom stereocenters. The number of carbonyl (C=O) groups is 1. The molecule has 1 aromatic carbocycles. The number of carboxylic acid groups (broad SMARTS) is 1. The summed E-state index contributed by atoms with van der Waals surface area (Å²) < 4.78 is 5.47. The lowest BCUT2D eigenvalue weighted by Gasteiger charge is -2.06. The minimum atomic E-state index is -0.928. The first-order valence-corrected chi connectivity index (χ1v) is 5.95. The lowest BCUT2D eigenvalue weighted by molar-refractivity contribution is -0.132. The Morgan fingerprint density at radius 1 is 1.28 bits per heavy atom. The Morgan fingerprint density at radius 3 is 2.61 bits per heavy atom. The molecule has 0 amide bonds. The standard InChI is InChI=1S/C14H18O4/c15-10-4-6-12(14(16)17)7-5-11-18-13-8-2-1-3-9-13/h1-3,6,8-9,15H,4-5,7,10-11H2,(H,16,17). The second-order valence-corrected chi connectivity index (χ2v) is 3.81. The van der Waals surface area contributed by atoms with E-state index in [1.807, 2.05) is 30.3 Å². The number of aliphatic hydroxyl groups is 1. The highest BCUT2D eigenvalue weighted by Gasteiger charge is 2.06. The summed E-state index contributed by atoms with van der Waals surface area (Å²) in [7, 11) is 0. The largest absolute Gasteiger partial charge is 0.494 e. The summed E-state index contributed by atoms with van der Waals surface area (Å²) in [6, 6.07) is 9.41. The molecule has 4 heteroatoms. The summed E-state index contributed by atoms with van der Waals surface area (Å²) in [5.41, 5.74) is 0.334. The van der Waals surface area contributed by atoms with Crippen molar-refractivity contribution in [3.05, 3.63) is 42.0 Å². The molecule has 0 saturated carbocycles. The molecule has 1 rings (SSSR count). The van der Waals surface area contributed by atoms with Crippen molar-refractivity contribution in [3.8, 4) is 5.75 Å². The van der Waals surface area contributed by atoms with Crippen molar-refractivity contribution < 1.29 is 19.7 Å². The molecule has 0 bridgehead atoms. The predicted molar refractivity (Wildman–Crippen MR) is 68.6 cm³/mol. The molecule has 0 aromatic heterocycles. The van der Waals surface area contributed by atoms with Gasteiger partial charge in [0.15, 0.2) is 0 Å². The Hall–Kier alpha value is -1.81. The van der Waals surface area contributed by atoms with E-state index in [1.165, 1.54) is 0 Å². The van der Waals surface area contributed by atoms with Crippen LogP contribution in [0, 0.1) is 0 Å². The van der Waals surface area contributed by atoms with Crippen LogP contribution in [0.5, 0.6) is 5.75 Å². The third-order valence-electron chi connectivity index (χ3n) is 2.40. The van der Waals surface area contributed by atoms with Crippen LogP contribution in [0.2, 0.25) is 0 Å². The van der Waals surface area contributed by atoms with Crippen LogP contribution < -0.4 is 4.74 Å². The van der Waals surface area contributed by atoms with Crippen LogP contribution in [-0.2, 0) is 4.79 Å². The zero-order valence-electron chi connectivity index (χ0n) is 10.2. The van der Waals surface area contributed by atoms with E-state index < -0.39 is 5.97 Å². The molecule has 0 aliphatic carbocycles. The van der Waals surface area contributed by atoms with Gasteiger partial charge in [0.2, 0.25) is 0 Å². The van der Waals surface area contributed by atoms with Crippen LogP contribution in [0.1, 0.15) is 19.3 Å². The molecule has 0 aliphatic rings. The van der Waals surface area contributed by atoms with Gasteiger partial charge in [0.25, 0.3) is 0 Å². The molecular weight excluding hydrogens is 232 g/mol. The van der Waals surface area contributed by atoms with Crippen molar-refractivity contribution in [2.24, 2.45) is 0 Å². The predicted octanol–water partition coefficient (Wildman–Crippen LogP) is 2.24.